The molecule has 0 aromatic carbocycles. The number of fused-ring (bicyclic) bond motifs is 1. The van der Waals surface area contributed by atoms with E-state index < -0.39 is 5.97 Å². The van der Waals surface area contributed by atoms with Crippen LogP contribution in [0.1, 0.15) is 36.2 Å². The van der Waals surface area contributed by atoms with Gasteiger partial charge >= 0.3 is 5.97 Å². The predicted molar refractivity (Wildman–Crippen MR) is 96.7 cm³/mol. The molecule has 2 aliphatic heterocycles. The van der Waals surface area contributed by atoms with Gasteiger partial charge in [-0.1, -0.05) is 0 Å². The summed E-state index contributed by atoms with van der Waals surface area (Å²) in [6.45, 7) is 3.66. The zero-order chi connectivity index (χ0) is 19.4. The van der Waals surface area contributed by atoms with Gasteiger partial charge in [0.25, 0.3) is 6.47 Å². The van der Waals surface area contributed by atoms with E-state index in [1.165, 1.54) is 19.0 Å². The van der Waals surface area contributed by atoms with Crippen molar-refractivity contribution in [1.29, 1.82) is 0 Å². The molecule has 0 radical (unpaired) electrons. The van der Waals surface area contributed by atoms with Crippen LogP contribution in [0.3, 0.4) is 0 Å². The molecule has 2 saturated heterocycles. The monoisotopic (exact) mass is 378 g/mol. The maximum atomic E-state index is 11.1. The van der Waals surface area contributed by atoms with Crippen LogP contribution in [-0.2, 0) is 4.79 Å². The third-order valence-corrected chi connectivity index (χ3v) is 5.88. The predicted octanol–water partition coefficient (Wildman–Crippen LogP) is 0.547. The molecule has 3 heterocycles. The summed E-state index contributed by atoms with van der Waals surface area (Å²) in [5, 5.41) is 26.6. The number of carbonyl (C=O) groups is 2. The highest BCUT2D eigenvalue weighted by molar-refractivity contribution is 5.85. The second-order valence-electron chi connectivity index (χ2n) is 7.45. The quantitative estimate of drug-likeness (QED) is 0.646. The van der Waals surface area contributed by atoms with E-state index in [1.807, 2.05) is 0 Å². The summed E-state index contributed by atoms with van der Waals surface area (Å²) in [5.41, 5.74) is -0.0163. The molecule has 3 aliphatic rings. The molecule has 3 N–H and O–H groups in total. The first kappa shape index (κ1) is 19.5. The van der Waals surface area contributed by atoms with Crippen molar-refractivity contribution in [1.82, 2.24) is 14.9 Å². The summed E-state index contributed by atoms with van der Waals surface area (Å²) in [4.78, 5) is 32.3. The van der Waals surface area contributed by atoms with Gasteiger partial charge < -0.3 is 20.2 Å². The van der Waals surface area contributed by atoms with Crippen LogP contribution in [0.4, 0.5) is 5.82 Å². The van der Waals surface area contributed by atoms with Crippen LogP contribution in [0.5, 0.6) is 0 Å². The van der Waals surface area contributed by atoms with Crippen molar-refractivity contribution < 1.29 is 24.9 Å². The number of aliphatic hydroxyl groups is 1. The molecule has 27 heavy (non-hydrogen) atoms. The number of hydrogen-bond donors (Lipinski definition) is 3. The average molecular weight is 378 g/mol. The fourth-order valence-corrected chi connectivity index (χ4v) is 4.67. The molecule has 0 bridgehead atoms. The van der Waals surface area contributed by atoms with Gasteiger partial charge in [0.05, 0.1) is 18.5 Å². The Bertz CT molecular complexity index is 667. The number of aliphatic hydroxyl groups excluding tert-OH is 1. The van der Waals surface area contributed by atoms with E-state index in [4.69, 9.17) is 15.0 Å². The Labute approximate surface area is 157 Å². The lowest BCUT2D eigenvalue weighted by Gasteiger charge is -2.40. The third-order valence-electron chi connectivity index (χ3n) is 5.88. The first-order valence-electron chi connectivity index (χ1n) is 9.33. The minimum absolute atomic E-state index is 0.0163. The summed E-state index contributed by atoms with van der Waals surface area (Å²) >= 11 is 0. The summed E-state index contributed by atoms with van der Waals surface area (Å²) in [7, 11) is 0. The van der Waals surface area contributed by atoms with Crippen molar-refractivity contribution in [3.63, 3.8) is 0 Å². The van der Waals surface area contributed by atoms with Crippen molar-refractivity contribution in [2.75, 3.05) is 31.1 Å². The van der Waals surface area contributed by atoms with Crippen molar-refractivity contribution >= 4 is 18.3 Å². The lowest BCUT2D eigenvalue weighted by Crippen LogP contribution is -2.48. The minimum Gasteiger partial charge on any atom is -0.483 e. The zero-order valence-electron chi connectivity index (χ0n) is 15.1. The molecule has 9 nitrogen and oxygen atoms in total. The lowest BCUT2D eigenvalue weighted by atomic mass is 9.77. The fraction of sp³-hybridized carbons (Fsp3) is 0.667. The molecule has 1 aromatic heterocycles. The number of anilines is 1. The van der Waals surface area contributed by atoms with Gasteiger partial charge in [-0.3, -0.25) is 14.7 Å². The van der Waals surface area contributed by atoms with Crippen molar-refractivity contribution in [2.45, 2.75) is 37.8 Å². The van der Waals surface area contributed by atoms with Gasteiger partial charge in [0.2, 0.25) is 0 Å². The number of hydrogen-bond acceptors (Lipinski definition) is 7. The number of nitrogens with zero attached hydrogens (tertiary/aromatic N) is 4. The Balaban J connectivity index is 0.000000659. The molecule has 0 amide bonds. The zero-order valence-corrected chi connectivity index (χ0v) is 15.1. The van der Waals surface area contributed by atoms with Crippen molar-refractivity contribution in [3.05, 3.63) is 18.1 Å². The minimum atomic E-state index is -1.05. The van der Waals surface area contributed by atoms with Crippen LogP contribution >= 0.6 is 0 Å². The largest absolute Gasteiger partial charge is 0.483 e. The van der Waals surface area contributed by atoms with Gasteiger partial charge in [0.15, 0.2) is 5.69 Å². The Kier molecular flexibility index (Phi) is 6.22. The Morgan fingerprint density at radius 2 is 1.78 bits per heavy atom. The van der Waals surface area contributed by atoms with E-state index in [-0.39, 0.29) is 24.3 Å². The topological polar surface area (TPSA) is 127 Å². The molecule has 1 aliphatic carbocycles. The second kappa shape index (κ2) is 8.62. The lowest BCUT2D eigenvalue weighted by molar-refractivity contribution is -0.122. The molecule has 9 heteroatoms. The van der Waals surface area contributed by atoms with Gasteiger partial charge in [-0.2, -0.15) is 0 Å². The van der Waals surface area contributed by atoms with E-state index >= 15 is 0 Å². The Morgan fingerprint density at radius 1 is 1.15 bits per heavy atom. The van der Waals surface area contributed by atoms with Crippen LogP contribution in [0.25, 0.3) is 0 Å². The molecule has 0 unspecified atom stereocenters. The van der Waals surface area contributed by atoms with E-state index in [2.05, 4.69) is 19.8 Å². The summed E-state index contributed by atoms with van der Waals surface area (Å²) < 4.78 is 0. The fourth-order valence-electron chi connectivity index (χ4n) is 4.67. The van der Waals surface area contributed by atoms with Gasteiger partial charge in [-0.15, -0.1) is 0 Å². The van der Waals surface area contributed by atoms with E-state index in [0.29, 0.717) is 17.7 Å². The first-order valence-corrected chi connectivity index (χ1v) is 9.33. The Hall–Kier alpha value is -2.26. The normalized spacial score (nSPS) is 30.3. The number of aromatic carboxylic acids is 1. The van der Waals surface area contributed by atoms with Gasteiger partial charge in [0.1, 0.15) is 5.82 Å². The maximum Gasteiger partial charge on any atom is 0.356 e. The molecule has 3 fully saturated rings. The smallest absolute Gasteiger partial charge is 0.356 e. The standard InChI is InChI=1S/C17H24N4O3.CH2O2/c22-15-6-12-10-21(16-8-18-7-13(19-16)17(23)24)9-11(12)5-14(15)20-3-1-2-4-20;2-1-3/h7-8,11-12,14-15,22H,1-6,9-10H2,(H,23,24);1H,(H,2,3)/t11-,12+,14-,15-;/m1./s1. The van der Waals surface area contributed by atoms with Gasteiger partial charge in [-0.05, 0) is 50.6 Å². The van der Waals surface area contributed by atoms with Crippen LogP contribution in [0.15, 0.2) is 12.4 Å². The summed E-state index contributed by atoms with van der Waals surface area (Å²) in [5.74, 6) is 0.574. The number of likely N-dealkylation sites (tertiary alicyclic amines) is 1. The Morgan fingerprint density at radius 3 is 2.41 bits per heavy atom. The van der Waals surface area contributed by atoms with Crippen LogP contribution in [-0.4, -0.2) is 81.0 Å². The second-order valence-corrected chi connectivity index (χ2v) is 7.45. The van der Waals surface area contributed by atoms with E-state index in [0.717, 1.165) is 39.0 Å². The highest BCUT2D eigenvalue weighted by Crippen LogP contribution is 2.40. The summed E-state index contributed by atoms with van der Waals surface area (Å²) in [6, 6.07) is 0.283. The van der Waals surface area contributed by atoms with Crippen LogP contribution in [0.2, 0.25) is 0 Å². The van der Waals surface area contributed by atoms with Crippen LogP contribution in [0, 0.1) is 11.8 Å². The van der Waals surface area contributed by atoms with E-state index in [9.17, 15) is 9.90 Å². The maximum absolute atomic E-state index is 11.1. The molecular formula is C18H26N4O5. The van der Waals surface area contributed by atoms with E-state index in [1.54, 1.807) is 6.20 Å². The first-order chi connectivity index (χ1) is 13.0. The molecule has 1 aromatic rings. The summed E-state index contributed by atoms with van der Waals surface area (Å²) in [6.07, 6.45) is 6.99. The molecule has 148 valence electrons. The van der Waals surface area contributed by atoms with Gasteiger partial charge in [0, 0.05) is 19.1 Å². The van der Waals surface area contributed by atoms with Crippen LogP contribution < -0.4 is 4.90 Å². The SMILES string of the molecule is O=C(O)c1cncc(N2C[C@H]3C[C@@H](N4CCCC4)[C@H](O)C[C@H]3C2)n1.O=CO. The third kappa shape index (κ3) is 4.36. The van der Waals surface area contributed by atoms with Crippen molar-refractivity contribution in [3.8, 4) is 0 Å². The molecule has 4 rings (SSSR count). The number of carboxylic acids is 1. The molecule has 1 saturated carbocycles. The molecule has 0 spiro atoms. The van der Waals surface area contributed by atoms with Gasteiger partial charge in [-0.25, -0.2) is 9.78 Å². The average Bonchev–Trinajstić information content (AvgIpc) is 3.31. The number of rotatable bonds is 3. The highest BCUT2D eigenvalue weighted by atomic mass is 16.4. The molecular weight excluding hydrogens is 352 g/mol. The molecule has 4 atom stereocenters. The highest BCUT2D eigenvalue weighted by Gasteiger charge is 2.44. The van der Waals surface area contributed by atoms with Crippen molar-refractivity contribution in [2.24, 2.45) is 11.8 Å². The number of aromatic nitrogens is 2. The number of carboxylic acid groups (broad SMARTS) is 2.